The van der Waals surface area contributed by atoms with Gasteiger partial charge in [0, 0.05) is 15.7 Å². The Labute approximate surface area is 141 Å². The van der Waals surface area contributed by atoms with Crippen LogP contribution >= 0.6 is 31.9 Å². The second-order valence-corrected chi connectivity index (χ2v) is 6.59. The number of hydrogen-bond donors (Lipinski definition) is 1. The smallest absolute Gasteiger partial charge is 0.170 e. The molecule has 2 aromatic rings. The van der Waals surface area contributed by atoms with Gasteiger partial charge in [0.2, 0.25) is 0 Å². The molecule has 2 aromatic carbocycles. The van der Waals surface area contributed by atoms with Gasteiger partial charge in [-0.05, 0) is 60.0 Å². The van der Waals surface area contributed by atoms with E-state index in [2.05, 4.69) is 57.8 Å². The minimum Gasteiger partial charge on any atom is -0.410 e. The van der Waals surface area contributed by atoms with Crippen LogP contribution in [0.15, 0.2) is 44.3 Å². The SMILES string of the molecule is CC(=Nc1c(C)cccc1C)c1cc(Br)cc(Br)c1ON. The maximum atomic E-state index is 5.39. The number of aryl methyl sites for hydroxylation is 2. The molecule has 5 heteroatoms. The lowest BCUT2D eigenvalue weighted by atomic mass is 10.1. The molecule has 0 amide bonds. The molecular weight excluding hydrogens is 396 g/mol. The molecule has 0 aliphatic rings. The summed E-state index contributed by atoms with van der Waals surface area (Å²) in [5, 5.41) is 0. The van der Waals surface area contributed by atoms with Crippen LogP contribution in [0.1, 0.15) is 23.6 Å². The number of nitrogens with two attached hydrogens (primary N) is 1. The molecule has 21 heavy (non-hydrogen) atoms. The van der Waals surface area contributed by atoms with Gasteiger partial charge in [-0.15, -0.1) is 0 Å². The number of aliphatic imine (C=N–C) groups is 1. The van der Waals surface area contributed by atoms with Crippen molar-refractivity contribution in [1.82, 2.24) is 0 Å². The summed E-state index contributed by atoms with van der Waals surface area (Å²) in [6.07, 6.45) is 0. The Morgan fingerprint density at radius 2 is 1.76 bits per heavy atom. The Hall–Kier alpha value is -1.17. The first-order valence-electron chi connectivity index (χ1n) is 6.41. The Morgan fingerprint density at radius 1 is 1.14 bits per heavy atom. The molecule has 2 N–H and O–H groups in total. The first-order chi connectivity index (χ1) is 9.93. The van der Waals surface area contributed by atoms with Crippen LogP contribution < -0.4 is 10.7 Å². The molecule has 0 aromatic heterocycles. The molecular formula is C16H16Br2N2O. The third-order valence-electron chi connectivity index (χ3n) is 3.24. The second-order valence-electron chi connectivity index (χ2n) is 4.82. The van der Waals surface area contributed by atoms with Gasteiger partial charge in [0.15, 0.2) is 5.75 Å². The molecule has 3 nitrogen and oxygen atoms in total. The van der Waals surface area contributed by atoms with Gasteiger partial charge >= 0.3 is 0 Å². The van der Waals surface area contributed by atoms with Gasteiger partial charge in [0.1, 0.15) is 0 Å². The normalized spacial score (nSPS) is 11.6. The minimum absolute atomic E-state index is 0.575. The number of nitrogens with zero attached hydrogens (tertiary/aromatic N) is 1. The lowest BCUT2D eigenvalue weighted by Gasteiger charge is -2.12. The predicted molar refractivity (Wildman–Crippen MR) is 94.4 cm³/mol. The zero-order valence-electron chi connectivity index (χ0n) is 12.1. The van der Waals surface area contributed by atoms with E-state index in [4.69, 9.17) is 15.7 Å². The van der Waals surface area contributed by atoms with Crippen LogP contribution in [0.3, 0.4) is 0 Å². The van der Waals surface area contributed by atoms with Gasteiger partial charge in [-0.1, -0.05) is 34.1 Å². The van der Waals surface area contributed by atoms with E-state index in [9.17, 15) is 0 Å². The van der Waals surface area contributed by atoms with Crippen LogP contribution in [0.25, 0.3) is 0 Å². The minimum atomic E-state index is 0.575. The molecule has 0 spiro atoms. The zero-order valence-corrected chi connectivity index (χ0v) is 15.2. The highest BCUT2D eigenvalue weighted by Crippen LogP contribution is 2.34. The largest absolute Gasteiger partial charge is 0.410 e. The number of halogens is 2. The van der Waals surface area contributed by atoms with Gasteiger partial charge in [0.05, 0.1) is 10.2 Å². The van der Waals surface area contributed by atoms with Crippen molar-refractivity contribution in [3.8, 4) is 5.75 Å². The third kappa shape index (κ3) is 3.54. The predicted octanol–water partition coefficient (Wildman–Crippen LogP) is 5.22. The molecule has 0 bridgehead atoms. The van der Waals surface area contributed by atoms with Gasteiger partial charge in [0.25, 0.3) is 0 Å². The molecule has 0 atom stereocenters. The summed E-state index contributed by atoms with van der Waals surface area (Å²) >= 11 is 6.93. The monoisotopic (exact) mass is 410 g/mol. The molecule has 0 saturated heterocycles. The summed E-state index contributed by atoms with van der Waals surface area (Å²) in [4.78, 5) is 9.76. The van der Waals surface area contributed by atoms with Crippen LogP contribution in [-0.4, -0.2) is 5.71 Å². The van der Waals surface area contributed by atoms with E-state index in [1.807, 2.05) is 25.1 Å². The fraction of sp³-hybridized carbons (Fsp3) is 0.188. The van der Waals surface area contributed by atoms with Crippen LogP contribution in [0.5, 0.6) is 5.75 Å². The van der Waals surface area contributed by atoms with Crippen LogP contribution in [0, 0.1) is 13.8 Å². The van der Waals surface area contributed by atoms with Gasteiger partial charge in [-0.2, -0.15) is 5.90 Å². The third-order valence-corrected chi connectivity index (χ3v) is 4.28. The fourth-order valence-corrected chi connectivity index (χ4v) is 3.48. The summed E-state index contributed by atoms with van der Waals surface area (Å²) < 4.78 is 1.71. The number of rotatable bonds is 3. The standard InChI is InChI=1S/C16H16Br2N2O/c1-9-5-4-6-10(2)15(9)20-11(3)13-7-12(17)8-14(18)16(13)21-19/h4-8H,19H2,1-3H3. The van der Waals surface area contributed by atoms with Crippen molar-refractivity contribution in [3.05, 3.63) is 56.0 Å². The first kappa shape index (κ1) is 16.2. The molecule has 0 heterocycles. The molecule has 0 radical (unpaired) electrons. The fourth-order valence-electron chi connectivity index (χ4n) is 2.16. The zero-order chi connectivity index (χ0) is 15.6. The van der Waals surface area contributed by atoms with Crippen molar-refractivity contribution < 1.29 is 4.84 Å². The summed E-state index contributed by atoms with van der Waals surface area (Å²) in [7, 11) is 0. The number of benzene rings is 2. The second kappa shape index (κ2) is 6.73. The highest BCUT2D eigenvalue weighted by Gasteiger charge is 2.13. The van der Waals surface area contributed by atoms with Crippen molar-refractivity contribution in [2.75, 3.05) is 0 Å². The Balaban J connectivity index is 2.59. The van der Waals surface area contributed by atoms with Gasteiger partial charge < -0.3 is 4.84 Å². The quantitative estimate of drug-likeness (QED) is 0.555. The van der Waals surface area contributed by atoms with Crippen molar-refractivity contribution in [2.24, 2.45) is 10.9 Å². The molecule has 0 fully saturated rings. The molecule has 0 saturated carbocycles. The van der Waals surface area contributed by atoms with Crippen molar-refractivity contribution in [2.45, 2.75) is 20.8 Å². The Morgan fingerprint density at radius 3 is 2.33 bits per heavy atom. The topological polar surface area (TPSA) is 47.6 Å². The van der Waals surface area contributed by atoms with Crippen molar-refractivity contribution in [3.63, 3.8) is 0 Å². The van der Waals surface area contributed by atoms with E-state index >= 15 is 0 Å². The van der Waals surface area contributed by atoms with Gasteiger partial charge in [-0.25, -0.2) is 0 Å². The summed E-state index contributed by atoms with van der Waals surface area (Å²) in [5.41, 5.74) is 4.95. The van der Waals surface area contributed by atoms with Crippen LogP contribution in [0.4, 0.5) is 5.69 Å². The van der Waals surface area contributed by atoms with Gasteiger partial charge in [-0.3, -0.25) is 4.99 Å². The van der Waals surface area contributed by atoms with E-state index < -0.39 is 0 Å². The highest BCUT2D eigenvalue weighted by atomic mass is 79.9. The Bertz CT molecular complexity index is 691. The highest BCUT2D eigenvalue weighted by molar-refractivity contribution is 9.11. The van der Waals surface area contributed by atoms with E-state index in [0.717, 1.165) is 37.0 Å². The maximum absolute atomic E-state index is 5.39. The molecule has 2 rings (SSSR count). The Kier molecular flexibility index (Phi) is 5.19. The molecule has 110 valence electrons. The molecule has 0 aliphatic heterocycles. The summed E-state index contributed by atoms with van der Waals surface area (Å²) in [6.45, 7) is 6.05. The summed E-state index contributed by atoms with van der Waals surface area (Å²) in [5.74, 6) is 5.97. The maximum Gasteiger partial charge on any atom is 0.170 e. The van der Waals surface area contributed by atoms with E-state index in [1.54, 1.807) is 0 Å². The summed E-state index contributed by atoms with van der Waals surface area (Å²) in [6, 6.07) is 9.97. The van der Waals surface area contributed by atoms with Crippen molar-refractivity contribution >= 4 is 43.3 Å². The average molecular weight is 412 g/mol. The van der Waals surface area contributed by atoms with Crippen molar-refractivity contribution in [1.29, 1.82) is 0 Å². The lowest BCUT2D eigenvalue weighted by molar-refractivity contribution is 0.331. The van der Waals surface area contributed by atoms with E-state index in [0.29, 0.717) is 5.75 Å². The number of hydrogen-bond acceptors (Lipinski definition) is 3. The van der Waals surface area contributed by atoms with E-state index in [1.165, 1.54) is 0 Å². The average Bonchev–Trinajstić information content (AvgIpc) is 2.42. The molecule has 0 aliphatic carbocycles. The first-order valence-corrected chi connectivity index (χ1v) is 8.00. The number of para-hydroxylation sites is 1. The lowest BCUT2D eigenvalue weighted by Crippen LogP contribution is -2.08. The van der Waals surface area contributed by atoms with Crippen LogP contribution in [-0.2, 0) is 0 Å². The van der Waals surface area contributed by atoms with E-state index in [-0.39, 0.29) is 0 Å². The molecule has 0 unspecified atom stereocenters. The van der Waals surface area contributed by atoms with Crippen LogP contribution in [0.2, 0.25) is 0 Å².